The van der Waals surface area contributed by atoms with E-state index in [4.69, 9.17) is 0 Å². The first-order valence-corrected chi connectivity index (χ1v) is 7.66. The van der Waals surface area contributed by atoms with Crippen LogP contribution in [0.15, 0.2) is 48.5 Å². The quantitative estimate of drug-likeness (QED) is 0.779. The SMILES string of the molecule is CC(C)CNC(=O)Nc1cccc(C(=O)Nc2cccc(F)c2)c1. The van der Waals surface area contributed by atoms with Crippen LogP contribution in [0, 0.1) is 11.7 Å². The summed E-state index contributed by atoms with van der Waals surface area (Å²) in [5.41, 5.74) is 1.23. The number of hydrogen-bond acceptors (Lipinski definition) is 2. The van der Waals surface area contributed by atoms with E-state index in [2.05, 4.69) is 16.0 Å². The second kappa shape index (κ2) is 8.10. The van der Waals surface area contributed by atoms with Crippen LogP contribution in [-0.2, 0) is 0 Å². The fraction of sp³-hybridized carbons (Fsp3) is 0.222. The van der Waals surface area contributed by atoms with Gasteiger partial charge in [0.2, 0.25) is 0 Å². The number of halogens is 1. The molecule has 0 bridgehead atoms. The summed E-state index contributed by atoms with van der Waals surface area (Å²) in [5.74, 6) is -0.462. The number of nitrogens with one attached hydrogen (secondary N) is 3. The molecule has 3 N–H and O–H groups in total. The maximum Gasteiger partial charge on any atom is 0.319 e. The van der Waals surface area contributed by atoms with Crippen LogP contribution in [0.5, 0.6) is 0 Å². The number of anilines is 2. The van der Waals surface area contributed by atoms with Crippen LogP contribution in [0.1, 0.15) is 24.2 Å². The standard InChI is InChI=1S/C18H20FN3O2/c1-12(2)11-20-18(24)22-15-7-3-5-13(9-15)17(23)21-16-8-4-6-14(19)10-16/h3-10,12H,11H2,1-2H3,(H,21,23)(H2,20,22,24). The molecular weight excluding hydrogens is 309 g/mol. The molecule has 0 atom stereocenters. The number of hydrogen-bond donors (Lipinski definition) is 3. The Balaban J connectivity index is 2.01. The third-order valence-electron chi connectivity index (χ3n) is 3.14. The zero-order valence-corrected chi connectivity index (χ0v) is 13.6. The second-order valence-corrected chi connectivity index (χ2v) is 5.77. The van der Waals surface area contributed by atoms with Gasteiger partial charge in [-0.25, -0.2) is 9.18 Å². The number of urea groups is 1. The van der Waals surface area contributed by atoms with Crippen LogP contribution in [0.4, 0.5) is 20.6 Å². The number of benzene rings is 2. The van der Waals surface area contributed by atoms with Crippen LogP contribution < -0.4 is 16.0 Å². The molecule has 0 radical (unpaired) electrons. The zero-order valence-electron chi connectivity index (χ0n) is 13.6. The zero-order chi connectivity index (χ0) is 17.5. The Bertz CT molecular complexity index is 732. The molecule has 0 fully saturated rings. The van der Waals surface area contributed by atoms with Gasteiger partial charge in [-0.2, -0.15) is 0 Å². The molecule has 0 heterocycles. The van der Waals surface area contributed by atoms with Gasteiger partial charge in [0.05, 0.1) is 0 Å². The minimum Gasteiger partial charge on any atom is -0.338 e. The first kappa shape index (κ1) is 17.5. The predicted octanol–water partition coefficient (Wildman–Crippen LogP) is 3.86. The van der Waals surface area contributed by atoms with Gasteiger partial charge in [0.25, 0.3) is 5.91 Å². The molecule has 126 valence electrons. The van der Waals surface area contributed by atoms with E-state index in [1.165, 1.54) is 18.2 Å². The van der Waals surface area contributed by atoms with Crippen molar-refractivity contribution >= 4 is 23.3 Å². The number of carbonyl (C=O) groups excluding carboxylic acids is 2. The van der Waals surface area contributed by atoms with Crippen molar-refractivity contribution in [2.75, 3.05) is 17.2 Å². The molecule has 0 aliphatic carbocycles. The summed E-state index contributed by atoms with van der Waals surface area (Å²) < 4.78 is 13.2. The summed E-state index contributed by atoms with van der Waals surface area (Å²) in [6.07, 6.45) is 0. The van der Waals surface area contributed by atoms with Crippen LogP contribution in [0.3, 0.4) is 0 Å². The Hall–Kier alpha value is -2.89. The molecule has 0 saturated carbocycles. The lowest BCUT2D eigenvalue weighted by molar-refractivity contribution is 0.102. The van der Waals surface area contributed by atoms with Crippen LogP contribution in [0.2, 0.25) is 0 Å². The molecule has 0 aliphatic rings. The van der Waals surface area contributed by atoms with Gasteiger partial charge in [-0.15, -0.1) is 0 Å². The molecule has 0 spiro atoms. The lowest BCUT2D eigenvalue weighted by Gasteiger charge is -2.10. The van der Waals surface area contributed by atoms with Gasteiger partial charge < -0.3 is 16.0 Å². The number of rotatable bonds is 5. The number of carbonyl (C=O) groups is 2. The highest BCUT2D eigenvalue weighted by Crippen LogP contribution is 2.14. The highest BCUT2D eigenvalue weighted by molar-refractivity contribution is 6.05. The van der Waals surface area contributed by atoms with Crippen molar-refractivity contribution < 1.29 is 14.0 Å². The van der Waals surface area contributed by atoms with E-state index in [-0.39, 0.29) is 11.9 Å². The molecule has 5 nitrogen and oxygen atoms in total. The summed E-state index contributed by atoms with van der Waals surface area (Å²) in [4.78, 5) is 24.0. The van der Waals surface area contributed by atoms with Crippen molar-refractivity contribution in [3.05, 3.63) is 59.9 Å². The van der Waals surface area contributed by atoms with Gasteiger partial charge >= 0.3 is 6.03 Å². The monoisotopic (exact) mass is 329 g/mol. The third-order valence-corrected chi connectivity index (χ3v) is 3.14. The van der Waals surface area contributed by atoms with Gasteiger partial charge in [0.1, 0.15) is 5.82 Å². The average Bonchev–Trinajstić information content (AvgIpc) is 2.53. The summed E-state index contributed by atoms with van der Waals surface area (Å²) in [5, 5.41) is 8.02. The summed E-state index contributed by atoms with van der Waals surface area (Å²) in [7, 11) is 0. The minimum absolute atomic E-state index is 0.327. The summed E-state index contributed by atoms with van der Waals surface area (Å²) in [6, 6.07) is 11.9. The molecule has 0 unspecified atom stereocenters. The molecule has 0 aromatic heterocycles. The predicted molar refractivity (Wildman–Crippen MR) is 92.7 cm³/mol. The van der Waals surface area contributed by atoms with E-state index in [0.29, 0.717) is 29.4 Å². The largest absolute Gasteiger partial charge is 0.338 e. The molecular formula is C18H20FN3O2. The Morgan fingerprint density at radius 1 is 1.00 bits per heavy atom. The topological polar surface area (TPSA) is 70.2 Å². The van der Waals surface area contributed by atoms with Crippen molar-refractivity contribution in [2.45, 2.75) is 13.8 Å². The normalized spacial score (nSPS) is 10.3. The molecule has 3 amide bonds. The lowest BCUT2D eigenvalue weighted by Crippen LogP contribution is -2.31. The van der Waals surface area contributed by atoms with Crippen LogP contribution >= 0.6 is 0 Å². The first-order valence-electron chi connectivity index (χ1n) is 7.66. The van der Waals surface area contributed by atoms with E-state index in [0.717, 1.165) is 0 Å². The summed E-state index contributed by atoms with van der Waals surface area (Å²) >= 11 is 0. The van der Waals surface area contributed by atoms with Gasteiger partial charge in [-0.3, -0.25) is 4.79 Å². The Kier molecular flexibility index (Phi) is 5.89. The maximum atomic E-state index is 13.2. The fourth-order valence-corrected chi connectivity index (χ4v) is 1.98. The van der Waals surface area contributed by atoms with E-state index in [1.807, 2.05) is 13.8 Å². The van der Waals surface area contributed by atoms with Gasteiger partial charge in [0, 0.05) is 23.5 Å². The van der Waals surface area contributed by atoms with E-state index < -0.39 is 5.82 Å². The molecule has 2 rings (SSSR count). The van der Waals surface area contributed by atoms with Crippen molar-refractivity contribution in [2.24, 2.45) is 5.92 Å². The van der Waals surface area contributed by atoms with E-state index in [1.54, 1.807) is 30.3 Å². The average molecular weight is 329 g/mol. The van der Waals surface area contributed by atoms with Gasteiger partial charge in [-0.05, 0) is 42.3 Å². The van der Waals surface area contributed by atoms with E-state index >= 15 is 0 Å². The van der Waals surface area contributed by atoms with Gasteiger partial charge in [0.15, 0.2) is 0 Å². The Morgan fingerprint density at radius 2 is 1.67 bits per heavy atom. The Labute approximate surface area is 140 Å². The van der Waals surface area contributed by atoms with Crippen molar-refractivity contribution in [1.29, 1.82) is 0 Å². The summed E-state index contributed by atoms with van der Waals surface area (Å²) in [6.45, 7) is 4.56. The molecule has 24 heavy (non-hydrogen) atoms. The fourth-order valence-electron chi connectivity index (χ4n) is 1.98. The van der Waals surface area contributed by atoms with E-state index in [9.17, 15) is 14.0 Å². The highest BCUT2D eigenvalue weighted by Gasteiger charge is 2.09. The first-order chi connectivity index (χ1) is 11.4. The van der Waals surface area contributed by atoms with Gasteiger partial charge in [-0.1, -0.05) is 26.0 Å². The molecule has 6 heteroatoms. The molecule has 2 aromatic rings. The van der Waals surface area contributed by atoms with Crippen LogP contribution in [-0.4, -0.2) is 18.5 Å². The molecule has 0 saturated heterocycles. The smallest absolute Gasteiger partial charge is 0.319 e. The molecule has 2 aromatic carbocycles. The second-order valence-electron chi connectivity index (χ2n) is 5.77. The maximum absolute atomic E-state index is 13.2. The highest BCUT2D eigenvalue weighted by atomic mass is 19.1. The van der Waals surface area contributed by atoms with Crippen molar-refractivity contribution in [3.63, 3.8) is 0 Å². The molecule has 0 aliphatic heterocycles. The third kappa shape index (κ3) is 5.39. The minimum atomic E-state index is -0.426. The van der Waals surface area contributed by atoms with Crippen molar-refractivity contribution in [3.8, 4) is 0 Å². The van der Waals surface area contributed by atoms with Crippen molar-refractivity contribution in [1.82, 2.24) is 5.32 Å². The Morgan fingerprint density at radius 3 is 2.33 bits per heavy atom. The van der Waals surface area contributed by atoms with Crippen LogP contribution in [0.25, 0.3) is 0 Å². The lowest BCUT2D eigenvalue weighted by atomic mass is 10.2. The number of amides is 3.